The van der Waals surface area contributed by atoms with Crippen LogP contribution < -0.4 is 0 Å². The SMILES string of the molecule is CCCCC1(CC)C2(O)OP(O2)OC1(O)c1ccc(C(C)(C)C)c(C(C)(C)C)c1C(C)(C)C. The molecule has 2 atom stereocenters. The van der Waals surface area contributed by atoms with E-state index in [1.54, 1.807) is 0 Å². The highest BCUT2D eigenvalue weighted by atomic mass is 31.2. The second kappa shape index (κ2) is 8.25. The molecule has 2 N–H and O–H groups in total. The maximum absolute atomic E-state index is 12.5. The van der Waals surface area contributed by atoms with Crippen LogP contribution in [0.25, 0.3) is 0 Å². The van der Waals surface area contributed by atoms with E-state index in [1.165, 1.54) is 11.1 Å². The third kappa shape index (κ3) is 4.11. The average Bonchev–Trinajstić information content (AvgIpc) is 2.63. The Kier molecular flexibility index (Phi) is 6.76. The van der Waals surface area contributed by atoms with Crippen LogP contribution in [0.5, 0.6) is 0 Å². The quantitative estimate of drug-likeness (QED) is 0.434. The van der Waals surface area contributed by atoms with Gasteiger partial charge in [-0.3, -0.25) is 13.6 Å². The molecule has 0 aromatic heterocycles. The van der Waals surface area contributed by atoms with Gasteiger partial charge in [0.05, 0.1) is 0 Å². The van der Waals surface area contributed by atoms with Crippen molar-refractivity contribution in [3.63, 3.8) is 0 Å². The molecule has 0 aliphatic carbocycles. The lowest BCUT2D eigenvalue weighted by Gasteiger charge is -2.63. The molecule has 2 unspecified atom stereocenters. The van der Waals surface area contributed by atoms with Crippen molar-refractivity contribution in [3.8, 4) is 0 Å². The Bertz CT molecular complexity index is 885. The van der Waals surface area contributed by atoms with Crippen molar-refractivity contribution in [1.29, 1.82) is 0 Å². The first kappa shape index (κ1) is 27.0. The molecule has 1 aromatic carbocycles. The molecule has 1 aromatic rings. The van der Waals surface area contributed by atoms with E-state index in [0.29, 0.717) is 12.8 Å². The molecule has 0 saturated carbocycles. The Morgan fingerprint density at radius 2 is 1.33 bits per heavy atom. The van der Waals surface area contributed by atoms with Crippen LogP contribution in [-0.2, 0) is 35.6 Å². The van der Waals surface area contributed by atoms with Crippen LogP contribution in [0.2, 0.25) is 0 Å². The van der Waals surface area contributed by atoms with Gasteiger partial charge in [0.1, 0.15) is 5.41 Å². The smallest absolute Gasteiger partial charge is 0.344 e. The predicted octanol–water partition coefficient (Wildman–Crippen LogP) is 7.26. The molecule has 33 heavy (non-hydrogen) atoms. The molecule has 0 radical (unpaired) electrons. The summed E-state index contributed by atoms with van der Waals surface area (Å²) >= 11 is 0. The summed E-state index contributed by atoms with van der Waals surface area (Å²) in [7, 11) is -1.80. The lowest BCUT2D eigenvalue weighted by Crippen LogP contribution is -2.70. The van der Waals surface area contributed by atoms with Crippen LogP contribution in [0, 0.1) is 5.41 Å². The van der Waals surface area contributed by atoms with Gasteiger partial charge in [-0.1, -0.05) is 101 Å². The monoisotopic (exact) mass is 480 g/mol. The molecule has 2 bridgehead atoms. The maximum atomic E-state index is 12.5. The summed E-state index contributed by atoms with van der Waals surface area (Å²) in [5.74, 6) is -3.58. The summed E-state index contributed by atoms with van der Waals surface area (Å²) in [6.45, 7) is 24.0. The number of aliphatic hydroxyl groups is 2. The van der Waals surface area contributed by atoms with Crippen LogP contribution in [-0.4, -0.2) is 16.2 Å². The Morgan fingerprint density at radius 3 is 1.76 bits per heavy atom. The maximum Gasteiger partial charge on any atom is 0.344 e. The lowest BCUT2D eigenvalue weighted by atomic mass is 9.62. The molecule has 0 amide bonds. The van der Waals surface area contributed by atoms with Crippen LogP contribution in [0.1, 0.15) is 124 Å². The fraction of sp³-hybridized carbons (Fsp3) is 0.778. The van der Waals surface area contributed by atoms with Crippen molar-refractivity contribution in [1.82, 2.24) is 0 Å². The molecule has 0 spiro atoms. The summed E-state index contributed by atoms with van der Waals surface area (Å²) in [6, 6.07) is 4.17. The van der Waals surface area contributed by atoms with Gasteiger partial charge in [0.2, 0.25) is 5.79 Å². The highest BCUT2D eigenvalue weighted by Gasteiger charge is 2.77. The van der Waals surface area contributed by atoms with Crippen molar-refractivity contribution in [3.05, 3.63) is 34.4 Å². The topological polar surface area (TPSA) is 68.2 Å². The zero-order valence-corrected chi connectivity index (χ0v) is 23.4. The predicted molar refractivity (Wildman–Crippen MR) is 134 cm³/mol. The number of rotatable bonds is 5. The van der Waals surface area contributed by atoms with Crippen molar-refractivity contribution < 1.29 is 23.8 Å². The number of hydrogen-bond donors (Lipinski definition) is 2. The summed E-state index contributed by atoms with van der Waals surface area (Å²) in [5.41, 5.74) is 2.65. The van der Waals surface area contributed by atoms with E-state index >= 15 is 0 Å². The second-order valence-electron chi connectivity index (χ2n) is 12.9. The van der Waals surface area contributed by atoms with E-state index in [0.717, 1.165) is 24.0 Å². The van der Waals surface area contributed by atoms with E-state index in [1.807, 2.05) is 13.0 Å². The van der Waals surface area contributed by atoms with Gasteiger partial charge < -0.3 is 10.2 Å². The first-order valence-corrected chi connectivity index (χ1v) is 13.5. The number of hydrogen-bond acceptors (Lipinski definition) is 5. The molecule has 3 aliphatic rings. The van der Waals surface area contributed by atoms with Crippen LogP contribution in [0.4, 0.5) is 0 Å². The second-order valence-corrected chi connectivity index (χ2v) is 13.9. The van der Waals surface area contributed by atoms with E-state index in [-0.39, 0.29) is 16.2 Å². The highest BCUT2D eigenvalue weighted by molar-refractivity contribution is 7.43. The molecular weight excluding hydrogens is 435 g/mol. The molecule has 4 rings (SSSR count). The van der Waals surface area contributed by atoms with Crippen LogP contribution in [0.15, 0.2) is 12.1 Å². The molecule has 3 saturated heterocycles. The van der Waals surface area contributed by atoms with E-state index < -0.39 is 25.8 Å². The largest absolute Gasteiger partial charge is 0.361 e. The molecule has 188 valence electrons. The standard InChI is InChI=1S/C27H45O5P/c1-12-14-17-25(13-2)26(28,30-33-31-27(25,29)32-33)19-16-15-18(22(3,4)5)20(23(6,7)8)21(19)24(9,10)11/h15-16,28-29H,12-14,17H2,1-11H3. The minimum Gasteiger partial charge on any atom is -0.361 e. The van der Waals surface area contributed by atoms with Gasteiger partial charge in [-0.05, 0) is 45.8 Å². The molecule has 6 heteroatoms. The fourth-order valence-corrected chi connectivity index (χ4v) is 6.98. The molecule has 3 aliphatic heterocycles. The minimum atomic E-state index is -1.85. The van der Waals surface area contributed by atoms with Gasteiger partial charge >= 0.3 is 14.6 Å². The van der Waals surface area contributed by atoms with E-state index in [4.69, 9.17) is 13.6 Å². The highest BCUT2D eigenvalue weighted by Crippen LogP contribution is 2.76. The molecular formula is C27H45O5P. The van der Waals surface area contributed by atoms with Gasteiger partial charge in [0.25, 0.3) is 0 Å². The number of fused-ring (bicyclic) bond motifs is 2. The van der Waals surface area contributed by atoms with Crippen molar-refractivity contribution in [2.75, 3.05) is 0 Å². The van der Waals surface area contributed by atoms with Crippen molar-refractivity contribution >= 4 is 8.60 Å². The minimum absolute atomic E-state index is 0.0715. The Hall–Kier alpha value is -0.550. The van der Waals surface area contributed by atoms with Gasteiger partial charge in [-0.15, -0.1) is 0 Å². The summed E-state index contributed by atoms with van der Waals surface area (Å²) in [5, 5.41) is 24.0. The van der Waals surface area contributed by atoms with Crippen molar-refractivity contribution in [2.45, 2.75) is 130 Å². The summed E-state index contributed by atoms with van der Waals surface area (Å²) in [4.78, 5) is 0. The zero-order valence-electron chi connectivity index (χ0n) is 22.5. The molecule has 5 nitrogen and oxygen atoms in total. The van der Waals surface area contributed by atoms with Gasteiger partial charge in [-0.2, -0.15) is 0 Å². The van der Waals surface area contributed by atoms with E-state index in [9.17, 15) is 10.2 Å². The average molecular weight is 481 g/mol. The number of benzene rings is 1. The van der Waals surface area contributed by atoms with Crippen LogP contribution >= 0.6 is 8.60 Å². The lowest BCUT2D eigenvalue weighted by molar-refractivity contribution is -0.487. The normalized spacial score (nSPS) is 32.6. The molecule has 3 fully saturated rings. The van der Waals surface area contributed by atoms with Crippen LogP contribution in [0.3, 0.4) is 0 Å². The first-order chi connectivity index (χ1) is 14.9. The zero-order chi connectivity index (χ0) is 25.3. The summed E-state index contributed by atoms with van der Waals surface area (Å²) in [6.07, 6.45) is 2.69. The summed E-state index contributed by atoms with van der Waals surface area (Å²) < 4.78 is 17.6. The van der Waals surface area contributed by atoms with Crippen molar-refractivity contribution in [2.24, 2.45) is 5.41 Å². The third-order valence-electron chi connectivity index (χ3n) is 7.30. The van der Waals surface area contributed by atoms with Gasteiger partial charge in [0, 0.05) is 5.56 Å². The number of unbranched alkanes of at least 4 members (excludes halogenated alkanes) is 1. The van der Waals surface area contributed by atoms with E-state index in [2.05, 4.69) is 75.3 Å². The fourth-order valence-electron chi connectivity index (χ4n) is 5.65. The first-order valence-electron chi connectivity index (χ1n) is 12.4. The Balaban J connectivity index is 2.42. The van der Waals surface area contributed by atoms with Gasteiger partial charge in [-0.25, -0.2) is 0 Å². The molecule has 3 heterocycles. The van der Waals surface area contributed by atoms with Gasteiger partial charge in [0.15, 0.2) is 0 Å². The Labute approximate surface area is 202 Å². The Morgan fingerprint density at radius 1 is 0.788 bits per heavy atom. The third-order valence-corrected chi connectivity index (χ3v) is 8.50.